The van der Waals surface area contributed by atoms with E-state index in [0.29, 0.717) is 65.2 Å². The number of hydrogen-bond donors (Lipinski definition) is 4. The van der Waals surface area contributed by atoms with Crippen LogP contribution in [-0.2, 0) is 47.3 Å². The molecule has 6 aromatic carbocycles. The fraction of sp³-hybridized carbons (Fsp3) is 0.500. The molecule has 0 fully saturated rings. The maximum Gasteiger partial charge on any atom is 0.319 e. The van der Waals surface area contributed by atoms with Gasteiger partial charge in [-0.1, -0.05) is 208 Å². The summed E-state index contributed by atoms with van der Waals surface area (Å²) in [5.41, 5.74) is 14.9. The van der Waals surface area contributed by atoms with Crippen molar-refractivity contribution in [1.29, 1.82) is 0 Å². The van der Waals surface area contributed by atoms with Crippen LogP contribution in [0, 0.1) is 0 Å². The summed E-state index contributed by atoms with van der Waals surface area (Å²) in [7, 11) is 0. The van der Waals surface area contributed by atoms with E-state index < -0.39 is 0 Å². The number of ether oxygens (including phenoxy) is 4. The average Bonchev–Trinajstić information content (AvgIpc) is 0.941. The number of nitrogens with one attached hydrogen (secondary N) is 4. The number of carbonyl (C=O) groups is 2. The van der Waals surface area contributed by atoms with Crippen molar-refractivity contribution < 1.29 is 28.5 Å². The third kappa shape index (κ3) is 19.5. The van der Waals surface area contributed by atoms with Crippen molar-refractivity contribution in [2.75, 3.05) is 50.2 Å². The number of fused-ring (bicyclic) bond motifs is 8. The summed E-state index contributed by atoms with van der Waals surface area (Å²) in [5.74, 6) is 3.68. The Labute approximate surface area is 517 Å². The minimum atomic E-state index is -0.217. The van der Waals surface area contributed by atoms with Gasteiger partial charge in [0.05, 0.1) is 26.4 Å². The lowest BCUT2D eigenvalue weighted by molar-refractivity contribution is 0.250. The highest BCUT2D eigenvalue weighted by atomic mass is 16.5. The largest absolute Gasteiger partial charge is 0.493 e. The van der Waals surface area contributed by atoms with Crippen molar-refractivity contribution >= 4 is 23.4 Å². The van der Waals surface area contributed by atoms with E-state index in [1.165, 1.54) is 22.3 Å². The first-order valence-electron chi connectivity index (χ1n) is 32.3. The number of amides is 4. The first-order valence-corrected chi connectivity index (χ1v) is 32.3. The average molecular weight is 1170 g/mol. The second-order valence-corrected chi connectivity index (χ2v) is 27.9. The van der Waals surface area contributed by atoms with Crippen molar-refractivity contribution in [3.05, 3.63) is 176 Å². The van der Waals surface area contributed by atoms with E-state index in [-0.39, 0.29) is 33.7 Å². The number of rotatable bonds is 24. The van der Waals surface area contributed by atoms with Gasteiger partial charge in [0, 0.05) is 50.1 Å². The van der Waals surface area contributed by atoms with Crippen molar-refractivity contribution in [2.24, 2.45) is 0 Å². The number of carbonyl (C=O) groups excluding carboxylic acids is 2. The zero-order valence-corrected chi connectivity index (χ0v) is 55.0. The normalized spacial score (nSPS) is 12.7. The summed E-state index contributed by atoms with van der Waals surface area (Å²) >= 11 is 0. The topological polar surface area (TPSA) is 119 Å². The lowest BCUT2D eigenvalue weighted by Crippen LogP contribution is -2.29. The number of para-hydroxylation sites is 2. The van der Waals surface area contributed by atoms with Gasteiger partial charge in [-0.2, -0.15) is 0 Å². The molecule has 4 amide bonds. The van der Waals surface area contributed by atoms with Crippen LogP contribution in [0.15, 0.2) is 109 Å². The van der Waals surface area contributed by atoms with Gasteiger partial charge in [0.1, 0.15) is 23.0 Å². The fourth-order valence-electron chi connectivity index (χ4n) is 11.0. The lowest BCUT2D eigenvalue weighted by atomic mass is 9.79. The highest BCUT2D eigenvalue weighted by Gasteiger charge is 2.30. The Hall–Kier alpha value is -6.94. The monoisotopic (exact) mass is 1170 g/mol. The van der Waals surface area contributed by atoms with E-state index in [4.69, 9.17) is 18.9 Å². The SMILES string of the molecule is CCCCCOc1c2cc(C(C)(C)C)cc1Cc1cc(C(C)(C)C)cc(c1OCCCCNC(=O)Nc1ccccc1)Cc1cc(C(C)(C)C)cc(c1OCCCCC)Cc1cc(C(C)(C)C)cc(c1OCCCCNC(=O)Nc1ccccc1)C2. The fourth-order valence-corrected chi connectivity index (χ4v) is 11.0. The van der Waals surface area contributed by atoms with Gasteiger partial charge < -0.3 is 40.2 Å². The Bertz CT molecular complexity index is 2850. The molecule has 0 atom stereocenters. The third-order valence-corrected chi connectivity index (χ3v) is 16.2. The summed E-state index contributed by atoms with van der Waals surface area (Å²) in [5, 5.41) is 12.0. The van der Waals surface area contributed by atoms with E-state index in [1.807, 2.05) is 60.7 Å². The van der Waals surface area contributed by atoms with E-state index >= 15 is 0 Å². The maximum atomic E-state index is 12.9. The number of hydrogen-bond acceptors (Lipinski definition) is 6. The van der Waals surface area contributed by atoms with Gasteiger partial charge >= 0.3 is 12.1 Å². The number of unbranched alkanes of at least 4 members (excludes halogenated alkanes) is 6. The lowest BCUT2D eigenvalue weighted by Gasteiger charge is -2.29. The van der Waals surface area contributed by atoms with Crippen molar-refractivity contribution in [3.8, 4) is 23.0 Å². The molecule has 0 heterocycles. The summed E-state index contributed by atoms with van der Waals surface area (Å²) in [6.07, 6.45) is 11.6. The third-order valence-electron chi connectivity index (χ3n) is 16.2. The van der Waals surface area contributed by atoms with E-state index in [0.717, 1.165) is 143 Å². The molecule has 0 saturated carbocycles. The van der Waals surface area contributed by atoms with Crippen molar-refractivity contribution in [3.63, 3.8) is 0 Å². The molecule has 10 nitrogen and oxygen atoms in total. The number of benzene rings is 6. The summed E-state index contributed by atoms with van der Waals surface area (Å²) in [4.78, 5) is 25.8. The molecule has 86 heavy (non-hydrogen) atoms. The summed E-state index contributed by atoms with van der Waals surface area (Å²) < 4.78 is 29.0. The van der Waals surface area contributed by atoms with Crippen LogP contribution in [0.4, 0.5) is 21.0 Å². The van der Waals surface area contributed by atoms with Gasteiger partial charge in [0.2, 0.25) is 0 Å². The zero-order chi connectivity index (χ0) is 62.1. The standard InChI is InChI=1S/C76H104N4O6/c1-15-17-27-37-83-67-53-41-57-49-63(75(9,10)11)51-59(69(57)85-39-29-25-35-77-71(81)79-65-31-21-19-22-32-65)43-55-47-62(74(6,7)8)48-56(68(55)84-38-28-18-16-2)44-60-52-64(76(12,13)14)50-58(42-54(67)46-61(45-53)73(3,4)5)70(60)86-40-30-26-36-78-72(82)80-66-33-23-20-24-34-66/h19-24,31-34,45-52H,15-18,25-30,35-44H2,1-14H3,(H2,77,79,81)(H2,78,80,82). The molecule has 1 aliphatic carbocycles. The molecule has 4 N–H and O–H groups in total. The molecule has 0 aromatic heterocycles. The maximum absolute atomic E-state index is 12.9. The minimum Gasteiger partial charge on any atom is -0.493 e. The minimum absolute atomic E-state index is 0.179. The zero-order valence-electron chi connectivity index (χ0n) is 55.0. The molecule has 7 rings (SSSR count). The molecule has 464 valence electrons. The molecule has 0 unspecified atom stereocenters. The molecule has 1 aliphatic rings. The molecule has 10 heteroatoms. The van der Waals surface area contributed by atoms with Gasteiger partial charge in [0.25, 0.3) is 0 Å². The predicted octanol–water partition coefficient (Wildman–Crippen LogP) is 18.7. The first kappa shape index (κ1) is 66.6. The Morgan fingerprint density at radius 2 is 0.581 bits per heavy atom. The first-order chi connectivity index (χ1) is 40.9. The Kier molecular flexibility index (Phi) is 23.7. The van der Waals surface area contributed by atoms with E-state index in [9.17, 15) is 9.59 Å². The van der Waals surface area contributed by atoms with Crippen LogP contribution in [0.25, 0.3) is 0 Å². The smallest absolute Gasteiger partial charge is 0.319 e. The van der Waals surface area contributed by atoms with Gasteiger partial charge in [0.15, 0.2) is 0 Å². The molecule has 0 radical (unpaired) electrons. The van der Waals surface area contributed by atoms with Gasteiger partial charge in [-0.05, 0) is 151 Å². The van der Waals surface area contributed by atoms with Crippen LogP contribution in [-0.4, -0.2) is 51.6 Å². The van der Waals surface area contributed by atoms with Crippen LogP contribution in [0.5, 0.6) is 23.0 Å². The van der Waals surface area contributed by atoms with Crippen LogP contribution in [0.2, 0.25) is 0 Å². The second kappa shape index (κ2) is 30.6. The van der Waals surface area contributed by atoms with Gasteiger partial charge in [-0.3, -0.25) is 0 Å². The Morgan fingerprint density at radius 3 is 0.802 bits per heavy atom. The predicted molar refractivity (Wildman–Crippen MR) is 358 cm³/mol. The number of anilines is 2. The molecule has 6 aromatic rings. The Balaban J connectivity index is 1.41. The molecular weight excluding hydrogens is 1060 g/mol. The van der Waals surface area contributed by atoms with Crippen LogP contribution in [0.1, 0.15) is 228 Å². The van der Waals surface area contributed by atoms with Crippen LogP contribution >= 0.6 is 0 Å². The Morgan fingerprint density at radius 1 is 0.349 bits per heavy atom. The van der Waals surface area contributed by atoms with Crippen LogP contribution in [0.3, 0.4) is 0 Å². The highest BCUT2D eigenvalue weighted by Crippen LogP contribution is 2.45. The molecule has 0 aliphatic heterocycles. The molecule has 0 spiro atoms. The van der Waals surface area contributed by atoms with E-state index in [2.05, 4.69) is 167 Å². The molecule has 8 bridgehead atoms. The van der Waals surface area contributed by atoms with Gasteiger partial charge in [-0.15, -0.1) is 0 Å². The van der Waals surface area contributed by atoms with Crippen molar-refractivity contribution in [2.45, 2.75) is 208 Å². The van der Waals surface area contributed by atoms with Crippen molar-refractivity contribution in [1.82, 2.24) is 10.6 Å². The summed E-state index contributed by atoms with van der Waals surface area (Å²) in [6.45, 7) is 35.4. The van der Waals surface area contributed by atoms with Crippen LogP contribution < -0.4 is 40.2 Å². The second-order valence-electron chi connectivity index (χ2n) is 27.9. The van der Waals surface area contributed by atoms with E-state index in [1.54, 1.807) is 0 Å². The van der Waals surface area contributed by atoms with Gasteiger partial charge in [-0.25, -0.2) is 9.59 Å². The highest BCUT2D eigenvalue weighted by molar-refractivity contribution is 5.89. The molecular formula is C76H104N4O6. The quantitative estimate of drug-likeness (QED) is 0.0448. The number of urea groups is 2. The summed E-state index contributed by atoms with van der Waals surface area (Å²) in [6, 6.07) is 37.9. The molecule has 0 saturated heterocycles.